The van der Waals surface area contributed by atoms with Gasteiger partial charge in [-0.25, -0.2) is 0 Å². The number of hydrogen-bond acceptors (Lipinski definition) is 4. The van der Waals surface area contributed by atoms with Gasteiger partial charge in [-0.05, 0) is 12.0 Å². The van der Waals surface area contributed by atoms with Crippen LogP contribution in [0.25, 0.3) is 0 Å². The number of carbonyl (C=O) groups excluding carboxylic acids is 2. The molecular formula is C19H27N3O3. The minimum absolute atomic E-state index is 0.0641. The minimum Gasteiger partial charge on any atom is -0.387 e. The molecule has 0 aromatic heterocycles. The Morgan fingerprint density at radius 3 is 2.48 bits per heavy atom. The quantitative estimate of drug-likeness (QED) is 0.874. The van der Waals surface area contributed by atoms with E-state index in [2.05, 4.69) is 4.90 Å². The lowest BCUT2D eigenvalue weighted by atomic mass is 9.94. The van der Waals surface area contributed by atoms with Crippen LogP contribution in [0.3, 0.4) is 0 Å². The molecule has 2 heterocycles. The standard InChI is InChI=1S/C19H27N3O3/c1-20-8-7-16(13-18(20)24)19(25)22-11-9-21(10-12-22)14-17(23)15-5-3-2-4-6-15/h2-6,16-17,23H,7-14H2,1H3. The first kappa shape index (κ1) is 17.9. The highest BCUT2D eigenvalue weighted by Crippen LogP contribution is 2.21. The number of benzene rings is 1. The molecule has 136 valence electrons. The molecule has 2 aliphatic rings. The molecule has 2 unspecified atom stereocenters. The van der Waals surface area contributed by atoms with Gasteiger partial charge < -0.3 is 14.9 Å². The topological polar surface area (TPSA) is 64.1 Å². The average Bonchev–Trinajstić information content (AvgIpc) is 2.65. The van der Waals surface area contributed by atoms with E-state index in [0.717, 1.165) is 25.1 Å². The first-order chi connectivity index (χ1) is 12.0. The first-order valence-electron chi connectivity index (χ1n) is 9.02. The fourth-order valence-electron chi connectivity index (χ4n) is 3.59. The van der Waals surface area contributed by atoms with Crippen molar-refractivity contribution in [2.45, 2.75) is 18.9 Å². The van der Waals surface area contributed by atoms with Crippen molar-refractivity contribution in [1.82, 2.24) is 14.7 Å². The number of piperidine rings is 1. The van der Waals surface area contributed by atoms with Gasteiger partial charge in [-0.3, -0.25) is 14.5 Å². The van der Waals surface area contributed by atoms with Crippen LogP contribution in [0.2, 0.25) is 0 Å². The number of likely N-dealkylation sites (tertiary alicyclic amines) is 1. The Morgan fingerprint density at radius 2 is 1.84 bits per heavy atom. The Labute approximate surface area is 149 Å². The lowest BCUT2D eigenvalue weighted by Gasteiger charge is -2.38. The number of β-amino-alcohol motifs (C(OH)–C–C–N with tert-alkyl or cyclic N) is 1. The summed E-state index contributed by atoms with van der Waals surface area (Å²) in [6.45, 7) is 4.10. The summed E-state index contributed by atoms with van der Waals surface area (Å²) in [6, 6.07) is 9.66. The first-order valence-corrected chi connectivity index (χ1v) is 9.02. The van der Waals surface area contributed by atoms with Crippen molar-refractivity contribution in [3.8, 4) is 0 Å². The Morgan fingerprint density at radius 1 is 1.16 bits per heavy atom. The predicted molar refractivity (Wildman–Crippen MR) is 94.8 cm³/mol. The van der Waals surface area contributed by atoms with Gasteiger partial charge in [0.25, 0.3) is 0 Å². The van der Waals surface area contributed by atoms with E-state index in [1.807, 2.05) is 35.2 Å². The van der Waals surface area contributed by atoms with Crippen LogP contribution in [0.15, 0.2) is 30.3 Å². The van der Waals surface area contributed by atoms with Crippen LogP contribution in [0.4, 0.5) is 0 Å². The molecule has 1 N–H and O–H groups in total. The van der Waals surface area contributed by atoms with Crippen molar-refractivity contribution in [2.75, 3.05) is 46.3 Å². The van der Waals surface area contributed by atoms with Crippen LogP contribution < -0.4 is 0 Å². The monoisotopic (exact) mass is 345 g/mol. The Kier molecular flexibility index (Phi) is 5.71. The van der Waals surface area contributed by atoms with Gasteiger partial charge in [-0.2, -0.15) is 0 Å². The second kappa shape index (κ2) is 7.97. The lowest BCUT2D eigenvalue weighted by Crippen LogP contribution is -2.52. The molecule has 2 amide bonds. The highest BCUT2D eigenvalue weighted by molar-refractivity contribution is 5.87. The van der Waals surface area contributed by atoms with Crippen LogP contribution in [0.1, 0.15) is 24.5 Å². The molecule has 0 spiro atoms. The molecule has 0 bridgehead atoms. The molecular weight excluding hydrogens is 318 g/mol. The molecule has 25 heavy (non-hydrogen) atoms. The van der Waals surface area contributed by atoms with Crippen molar-refractivity contribution in [2.24, 2.45) is 5.92 Å². The van der Waals surface area contributed by atoms with Gasteiger partial charge in [0.1, 0.15) is 0 Å². The Hall–Kier alpha value is -1.92. The molecule has 1 aromatic rings. The van der Waals surface area contributed by atoms with E-state index in [1.54, 1.807) is 11.9 Å². The van der Waals surface area contributed by atoms with Crippen LogP contribution in [-0.2, 0) is 9.59 Å². The summed E-state index contributed by atoms with van der Waals surface area (Å²) < 4.78 is 0. The number of piperazine rings is 1. The maximum Gasteiger partial charge on any atom is 0.226 e. The Balaban J connectivity index is 1.47. The van der Waals surface area contributed by atoms with Gasteiger partial charge in [0, 0.05) is 58.7 Å². The molecule has 1 aromatic carbocycles. The van der Waals surface area contributed by atoms with Gasteiger partial charge in [0.2, 0.25) is 11.8 Å². The number of hydrogen-bond donors (Lipinski definition) is 1. The number of amides is 2. The van der Waals surface area contributed by atoms with Crippen LogP contribution in [0, 0.1) is 5.92 Å². The minimum atomic E-state index is -0.505. The number of aliphatic hydroxyl groups is 1. The number of nitrogens with zero attached hydrogens (tertiary/aromatic N) is 3. The second-order valence-corrected chi connectivity index (χ2v) is 7.06. The molecule has 0 saturated carbocycles. The average molecular weight is 345 g/mol. The van der Waals surface area contributed by atoms with E-state index in [9.17, 15) is 14.7 Å². The molecule has 2 aliphatic heterocycles. The molecule has 6 heteroatoms. The van der Waals surface area contributed by atoms with Gasteiger partial charge in [-0.1, -0.05) is 30.3 Å². The zero-order chi connectivity index (χ0) is 17.8. The zero-order valence-corrected chi connectivity index (χ0v) is 14.8. The normalized spacial score (nSPS) is 23.6. The van der Waals surface area contributed by atoms with Gasteiger partial charge in [-0.15, -0.1) is 0 Å². The van der Waals surface area contributed by atoms with Crippen molar-refractivity contribution in [3.05, 3.63) is 35.9 Å². The van der Waals surface area contributed by atoms with Gasteiger partial charge >= 0.3 is 0 Å². The SMILES string of the molecule is CN1CCC(C(=O)N2CCN(CC(O)c3ccccc3)CC2)CC1=O. The third-order valence-corrected chi connectivity index (χ3v) is 5.31. The van der Waals surface area contributed by atoms with Crippen molar-refractivity contribution in [1.29, 1.82) is 0 Å². The van der Waals surface area contributed by atoms with Crippen molar-refractivity contribution >= 4 is 11.8 Å². The van der Waals surface area contributed by atoms with Crippen LogP contribution in [0.5, 0.6) is 0 Å². The maximum absolute atomic E-state index is 12.6. The highest BCUT2D eigenvalue weighted by Gasteiger charge is 2.33. The maximum atomic E-state index is 12.6. The van der Waals surface area contributed by atoms with Gasteiger partial charge in [0.05, 0.1) is 6.10 Å². The van der Waals surface area contributed by atoms with Crippen molar-refractivity contribution < 1.29 is 14.7 Å². The van der Waals surface area contributed by atoms with Gasteiger partial charge in [0.15, 0.2) is 0 Å². The third kappa shape index (κ3) is 4.38. The van der Waals surface area contributed by atoms with E-state index in [-0.39, 0.29) is 17.7 Å². The summed E-state index contributed by atoms with van der Waals surface area (Å²) in [4.78, 5) is 30.2. The van der Waals surface area contributed by atoms with Crippen LogP contribution in [-0.4, -0.2) is 77.9 Å². The summed E-state index contributed by atoms with van der Waals surface area (Å²) in [5.74, 6) is 0.0177. The summed E-state index contributed by atoms with van der Waals surface area (Å²) in [5, 5.41) is 10.3. The molecule has 2 saturated heterocycles. The zero-order valence-electron chi connectivity index (χ0n) is 14.8. The smallest absolute Gasteiger partial charge is 0.226 e. The van der Waals surface area contributed by atoms with E-state index in [4.69, 9.17) is 0 Å². The summed E-state index contributed by atoms with van der Waals surface area (Å²) in [6.07, 6.45) is 0.589. The van der Waals surface area contributed by atoms with Crippen molar-refractivity contribution in [3.63, 3.8) is 0 Å². The molecule has 0 aliphatic carbocycles. The van der Waals surface area contributed by atoms with Crippen LogP contribution >= 0.6 is 0 Å². The number of rotatable bonds is 4. The Bertz CT molecular complexity index is 599. The van der Waals surface area contributed by atoms with E-state index in [1.165, 1.54) is 0 Å². The predicted octanol–water partition coefficient (Wildman–Crippen LogP) is 0.733. The number of carbonyl (C=O) groups is 2. The van der Waals surface area contributed by atoms with E-state index in [0.29, 0.717) is 32.6 Å². The third-order valence-electron chi connectivity index (χ3n) is 5.31. The second-order valence-electron chi connectivity index (χ2n) is 7.06. The van der Waals surface area contributed by atoms with E-state index >= 15 is 0 Å². The molecule has 3 rings (SSSR count). The molecule has 6 nitrogen and oxygen atoms in total. The molecule has 0 radical (unpaired) electrons. The van der Waals surface area contributed by atoms with E-state index < -0.39 is 6.10 Å². The summed E-state index contributed by atoms with van der Waals surface area (Å²) in [7, 11) is 1.79. The number of aliphatic hydroxyl groups excluding tert-OH is 1. The lowest BCUT2D eigenvalue weighted by molar-refractivity contribution is -0.145. The summed E-state index contributed by atoms with van der Waals surface area (Å²) in [5.41, 5.74) is 0.922. The molecule has 2 fully saturated rings. The largest absolute Gasteiger partial charge is 0.387 e. The highest BCUT2D eigenvalue weighted by atomic mass is 16.3. The fraction of sp³-hybridized carbons (Fsp3) is 0.579. The summed E-state index contributed by atoms with van der Waals surface area (Å²) >= 11 is 0. The molecule has 2 atom stereocenters. The fourth-order valence-corrected chi connectivity index (χ4v) is 3.59.